The summed E-state index contributed by atoms with van der Waals surface area (Å²) in [6, 6.07) is -0.0544. The molecule has 2 N–H and O–H groups in total. The molecule has 0 radical (unpaired) electrons. The van der Waals surface area contributed by atoms with Gasteiger partial charge in [-0.3, -0.25) is 4.79 Å². The lowest BCUT2D eigenvalue weighted by molar-refractivity contribution is -0.134. The first-order valence-electron chi connectivity index (χ1n) is 6.60. The summed E-state index contributed by atoms with van der Waals surface area (Å²) in [6.45, 7) is 9.07. The third-order valence-corrected chi connectivity index (χ3v) is 2.91. The monoisotopic (exact) mass is 228 g/mol. The summed E-state index contributed by atoms with van der Waals surface area (Å²) in [5, 5.41) is 0. The zero-order valence-electron chi connectivity index (χ0n) is 11.3. The number of carbonyl (C=O) groups excluding carboxylic acids is 1. The first-order valence-corrected chi connectivity index (χ1v) is 6.60. The summed E-state index contributed by atoms with van der Waals surface area (Å²) in [5.74, 6) is 0.0945. The second kappa shape index (κ2) is 8.57. The van der Waals surface area contributed by atoms with Gasteiger partial charge in [0.25, 0.3) is 0 Å². The van der Waals surface area contributed by atoms with Gasteiger partial charge < -0.3 is 10.6 Å². The Morgan fingerprint density at radius 2 is 1.81 bits per heavy atom. The Balaban J connectivity index is 4.31. The van der Waals surface area contributed by atoms with Crippen LogP contribution < -0.4 is 5.73 Å². The largest absolute Gasteiger partial charge is 0.339 e. The molecule has 0 bridgehead atoms. The number of carbonyl (C=O) groups is 1. The number of unbranched alkanes of at least 4 members (excludes halogenated alkanes) is 2. The third kappa shape index (κ3) is 5.50. The van der Waals surface area contributed by atoms with Crippen molar-refractivity contribution < 1.29 is 4.79 Å². The molecule has 16 heavy (non-hydrogen) atoms. The van der Waals surface area contributed by atoms with Gasteiger partial charge in [0.1, 0.15) is 0 Å². The van der Waals surface area contributed by atoms with Gasteiger partial charge in [-0.05, 0) is 26.7 Å². The van der Waals surface area contributed by atoms with Crippen LogP contribution in [0.1, 0.15) is 59.8 Å². The highest BCUT2D eigenvalue weighted by Gasteiger charge is 2.21. The van der Waals surface area contributed by atoms with Crippen LogP contribution >= 0.6 is 0 Å². The average Bonchev–Trinajstić information content (AvgIpc) is 2.23. The van der Waals surface area contributed by atoms with Gasteiger partial charge in [-0.15, -0.1) is 0 Å². The standard InChI is InChI=1S/C13H28N2O/c1-5-7-8-10-15(11(3)9-6-2)13(16)12(4)14/h11-12H,5-10,14H2,1-4H3/t11?,12-/m0/s1. The summed E-state index contributed by atoms with van der Waals surface area (Å²) < 4.78 is 0. The van der Waals surface area contributed by atoms with E-state index in [1.165, 1.54) is 12.8 Å². The Labute approximate surface area is 100 Å². The molecule has 0 saturated heterocycles. The van der Waals surface area contributed by atoms with Gasteiger partial charge in [0.05, 0.1) is 6.04 Å². The van der Waals surface area contributed by atoms with Crippen LogP contribution in [-0.4, -0.2) is 29.4 Å². The molecule has 1 amide bonds. The normalized spacial score (nSPS) is 14.6. The molecule has 0 fully saturated rings. The maximum Gasteiger partial charge on any atom is 0.239 e. The molecule has 1 unspecified atom stereocenters. The summed E-state index contributed by atoms with van der Waals surface area (Å²) in [4.78, 5) is 13.9. The maximum absolute atomic E-state index is 12.0. The molecule has 0 aromatic rings. The minimum atomic E-state index is -0.374. The summed E-state index contributed by atoms with van der Waals surface area (Å²) in [5.41, 5.74) is 5.68. The fraction of sp³-hybridized carbons (Fsp3) is 0.923. The highest BCUT2D eigenvalue weighted by molar-refractivity contribution is 5.81. The number of amides is 1. The zero-order chi connectivity index (χ0) is 12.6. The molecule has 0 aromatic heterocycles. The summed E-state index contributed by atoms with van der Waals surface area (Å²) in [6.07, 6.45) is 5.62. The molecule has 0 heterocycles. The second-order valence-corrected chi connectivity index (χ2v) is 4.67. The van der Waals surface area contributed by atoms with E-state index in [0.29, 0.717) is 6.04 Å². The lowest BCUT2D eigenvalue weighted by Gasteiger charge is -2.30. The van der Waals surface area contributed by atoms with Crippen molar-refractivity contribution in [2.24, 2.45) is 5.73 Å². The van der Waals surface area contributed by atoms with Crippen LogP contribution in [0.2, 0.25) is 0 Å². The fourth-order valence-electron chi connectivity index (χ4n) is 1.92. The molecule has 0 aliphatic rings. The Morgan fingerprint density at radius 3 is 2.25 bits per heavy atom. The van der Waals surface area contributed by atoms with Crippen molar-refractivity contribution in [2.75, 3.05) is 6.54 Å². The minimum absolute atomic E-state index is 0.0945. The molecular weight excluding hydrogens is 200 g/mol. The van der Waals surface area contributed by atoms with Crippen LogP contribution in [0.5, 0.6) is 0 Å². The van der Waals surface area contributed by atoms with E-state index in [9.17, 15) is 4.79 Å². The average molecular weight is 228 g/mol. The molecule has 3 nitrogen and oxygen atoms in total. The van der Waals surface area contributed by atoms with Crippen molar-refractivity contribution in [2.45, 2.75) is 71.9 Å². The van der Waals surface area contributed by atoms with Crippen molar-refractivity contribution in [3.63, 3.8) is 0 Å². The molecule has 0 aromatic carbocycles. The number of hydrogen-bond acceptors (Lipinski definition) is 2. The molecule has 0 saturated carbocycles. The van der Waals surface area contributed by atoms with Gasteiger partial charge in [0, 0.05) is 12.6 Å². The Kier molecular flexibility index (Phi) is 8.26. The highest BCUT2D eigenvalue weighted by Crippen LogP contribution is 2.10. The first-order chi connectivity index (χ1) is 7.54. The van der Waals surface area contributed by atoms with Crippen LogP contribution in [0, 0.1) is 0 Å². The van der Waals surface area contributed by atoms with Crippen molar-refractivity contribution in [3.05, 3.63) is 0 Å². The molecule has 0 spiro atoms. The lowest BCUT2D eigenvalue weighted by atomic mass is 10.1. The number of nitrogens with two attached hydrogens (primary N) is 1. The van der Waals surface area contributed by atoms with E-state index >= 15 is 0 Å². The predicted octanol–water partition coefficient (Wildman–Crippen LogP) is 2.54. The zero-order valence-corrected chi connectivity index (χ0v) is 11.3. The quantitative estimate of drug-likeness (QED) is 0.649. The minimum Gasteiger partial charge on any atom is -0.339 e. The van der Waals surface area contributed by atoms with Gasteiger partial charge in [-0.2, -0.15) is 0 Å². The van der Waals surface area contributed by atoms with E-state index in [2.05, 4.69) is 20.8 Å². The molecule has 96 valence electrons. The Morgan fingerprint density at radius 1 is 1.19 bits per heavy atom. The third-order valence-electron chi connectivity index (χ3n) is 2.91. The first kappa shape index (κ1) is 15.4. The van der Waals surface area contributed by atoms with E-state index in [4.69, 9.17) is 5.73 Å². The van der Waals surface area contributed by atoms with Gasteiger partial charge in [0.2, 0.25) is 5.91 Å². The van der Waals surface area contributed by atoms with Crippen molar-refractivity contribution in [1.82, 2.24) is 4.90 Å². The SMILES string of the molecule is CCCCCN(C(=O)[C@H](C)N)C(C)CCC. The summed E-state index contributed by atoms with van der Waals surface area (Å²) in [7, 11) is 0. The van der Waals surface area contributed by atoms with Crippen LogP contribution in [-0.2, 0) is 4.79 Å². The Hall–Kier alpha value is -0.570. The second-order valence-electron chi connectivity index (χ2n) is 4.67. The lowest BCUT2D eigenvalue weighted by Crippen LogP contribution is -2.47. The predicted molar refractivity (Wildman–Crippen MR) is 69.3 cm³/mol. The van der Waals surface area contributed by atoms with E-state index in [-0.39, 0.29) is 11.9 Å². The van der Waals surface area contributed by atoms with Gasteiger partial charge >= 0.3 is 0 Å². The van der Waals surface area contributed by atoms with Gasteiger partial charge in [-0.25, -0.2) is 0 Å². The van der Waals surface area contributed by atoms with Gasteiger partial charge in [-0.1, -0.05) is 33.1 Å². The highest BCUT2D eigenvalue weighted by atomic mass is 16.2. The van der Waals surface area contributed by atoms with Crippen LogP contribution in [0.3, 0.4) is 0 Å². The fourth-order valence-corrected chi connectivity index (χ4v) is 1.92. The molecule has 3 heteroatoms. The van der Waals surface area contributed by atoms with Crippen molar-refractivity contribution in [3.8, 4) is 0 Å². The van der Waals surface area contributed by atoms with E-state index in [0.717, 1.165) is 25.8 Å². The molecule has 2 atom stereocenters. The Bertz CT molecular complexity index is 192. The number of nitrogens with zero attached hydrogens (tertiary/aromatic N) is 1. The molecule has 0 aliphatic carbocycles. The van der Waals surface area contributed by atoms with Crippen LogP contribution in [0.25, 0.3) is 0 Å². The van der Waals surface area contributed by atoms with E-state index in [1.807, 2.05) is 4.90 Å². The van der Waals surface area contributed by atoms with Crippen molar-refractivity contribution >= 4 is 5.91 Å². The molecule has 0 aliphatic heterocycles. The molecular formula is C13H28N2O. The van der Waals surface area contributed by atoms with Crippen LogP contribution in [0.4, 0.5) is 0 Å². The number of hydrogen-bond donors (Lipinski definition) is 1. The maximum atomic E-state index is 12.0. The van der Waals surface area contributed by atoms with E-state index < -0.39 is 0 Å². The number of rotatable bonds is 8. The summed E-state index contributed by atoms with van der Waals surface area (Å²) >= 11 is 0. The van der Waals surface area contributed by atoms with Gasteiger partial charge in [0.15, 0.2) is 0 Å². The smallest absolute Gasteiger partial charge is 0.239 e. The van der Waals surface area contributed by atoms with Crippen molar-refractivity contribution in [1.29, 1.82) is 0 Å². The van der Waals surface area contributed by atoms with Crippen LogP contribution in [0.15, 0.2) is 0 Å². The molecule has 0 rings (SSSR count). The van der Waals surface area contributed by atoms with E-state index in [1.54, 1.807) is 6.92 Å². The topological polar surface area (TPSA) is 46.3 Å².